The van der Waals surface area contributed by atoms with Crippen molar-refractivity contribution in [3.63, 3.8) is 0 Å². The second kappa shape index (κ2) is 11.2. The Morgan fingerprint density at radius 2 is 1.67 bits per heavy atom. The van der Waals surface area contributed by atoms with E-state index in [0.29, 0.717) is 12.4 Å². The molecular weight excluding hydrogens is 558 g/mol. The van der Waals surface area contributed by atoms with E-state index in [2.05, 4.69) is 53.3 Å². The van der Waals surface area contributed by atoms with Crippen LogP contribution in [0.3, 0.4) is 0 Å². The van der Waals surface area contributed by atoms with E-state index in [1.54, 1.807) is 6.92 Å². The molecule has 6 aromatic rings. The molecule has 0 unspecified atom stereocenters. The van der Waals surface area contributed by atoms with Crippen LogP contribution in [0.15, 0.2) is 91.4 Å². The van der Waals surface area contributed by atoms with Crippen LogP contribution in [-0.2, 0) is 16.0 Å². The fraction of sp³-hybridized carbons (Fsp3) is 0.231. The first-order chi connectivity index (χ1) is 21.7. The van der Waals surface area contributed by atoms with Gasteiger partial charge in [-0.05, 0) is 97.5 Å². The van der Waals surface area contributed by atoms with Crippen LogP contribution in [0.5, 0.6) is 5.75 Å². The summed E-state index contributed by atoms with van der Waals surface area (Å²) in [7, 11) is 0. The van der Waals surface area contributed by atoms with E-state index in [1.165, 1.54) is 5.56 Å². The Hall–Kier alpha value is -4.94. The van der Waals surface area contributed by atoms with Crippen LogP contribution in [0.2, 0.25) is 0 Å². The molecule has 45 heavy (non-hydrogen) atoms. The first-order valence-corrected chi connectivity index (χ1v) is 15.3. The summed E-state index contributed by atoms with van der Waals surface area (Å²) < 4.78 is 12.5. The summed E-state index contributed by atoms with van der Waals surface area (Å²) in [6.45, 7) is 10.3. The van der Waals surface area contributed by atoms with Crippen molar-refractivity contribution in [2.45, 2.75) is 52.7 Å². The number of carbonyl (C=O) groups is 1. The number of benzene rings is 4. The maximum absolute atomic E-state index is 13.3. The predicted octanol–water partition coefficient (Wildman–Crippen LogP) is 8.87. The third kappa shape index (κ3) is 5.36. The van der Waals surface area contributed by atoms with Crippen LogP contribution in [0.4, 0.5) is 0 Å². The summed E-state index contributed by atoms with van der Waals surface area (Å²) in [6, 6.07) is 24.7. The molecule has 0 spiro atoms. The van der Waals surface area contributed by atoms with Crippen molar-refractivity contribution in [2.24, 2.45) is 0 Å². The highest BCUT2D eigenvalue weighted by Gasteiger charge is 2.31. The van der Waals surface area contributed by atoms with Crippen LogP contribution in [0, 0.1) is 6.92 Å². The molecule has 3 heterocycles. The summed E-state index contributed by atoms with van der Waals surface area (Å²) in [5.41, 5.74) is 8.23. The summed E-state index contributed by atoms with van der Waals surface area (Å²) in [5.74, 6) is 1.49. The second-order valence-electron chi connectivity index (χ2n) is 12.7. The molecule has 0 radical (unpaired) electrons. The number of hydrogen-bond donors (Lipinski definition) is 0. The van der Waals surface area contributed by atoms with E-state index in [0.717, 1.165) is 72.8 Å². The Kier molecular flexibility index (Phi) is 7.17. The van der Waals surface area contributed by atoms with Gasteiger partial charge in [-0.25, -0.2) is 9.97 Å². The normalized spacial score (nSPS) is 13.5. The summed E-state index contributed by atoms with van der Waals surface area (Å²) in [5, 5.41) is 3.10. The maximum atomic E-state index is 13.3. The van der Waals surface area contributed by atoms with Crippen molar-refractivity contribution in [2.75, 3.05) is 6.61 Å². The zero-order chi connectivity index (χ0) is 31.3. The number of pyridine rings is 1. The average molecular weight is 594 g/mol. The van der Waals surface area contributed by atoms with Gasteiger partial charge in [0.15, 0.2) is 11.6 Å². The number of ether oxygens (including phenoxy) is 2. The zero-order valence-electron chi connectivity index (χ0n) is 26.2. The Labute approximate surface area is 263 Å². The van der Waals surface area contributed by atoms with Crippen molar-refractivity contribution in [1.29, 1.82) is 0 Å². The minimum absolute atomic E-state index is 0.0417. The summed E-state index contributed by atoms with van der Waals surface area (Å²) >= 11 is 0. The molecule has 2 aromatic heterocycles. The number of rotatable bonds is 6. The standard InChI is InChI=1S/C39H35N3O3/c1-23-19-28-20-27(29-21-41-38(42-22-29)26-9-7-6-8-10-26)11-12-30(28)35(33(23)37(24(2)43)45-39(3,4)5)31-13-14-32-34-25(16-18-44-32)15-17-40-36(31)34/h6-15,17,19-22,37H,16,18H2,1-5H3/t37-/m1/s1. The number of aryl methyl sites for hydroxylation is 1. The molecule has 0 fully saturated rings. The van der Waals surface area contributed by atoms with Gasteiger partial charge in [0.25, 0.3) is 0 Å². The highest BCUT2D eigenvalue weighted by atomic mass is 16.5. The molecule has 1 atom stereocenters. The number of hydrogen-bond acceptors (Lipinski definition) is 6. The van der Waals surface area contributed by atoms with Crippen LogP contribution >= 0.6 is 0 Å². The fourth-order valence-electron chi connectivity index (χ4n) is 6.39. The zero-order valence-corrected chi connectivity index (χ0v) is 26.2. The monoisotopic (exact) mass is 593 g/mol. The van der Waals surface area contributed by atoms with Crippen LogP contribution in [0.1, 0.15) is 50.5 Å². The van der Waals surface area contributed by atoms with E-state index in [1.807, 2.05) is 75.8 Å². The van der Waals surface area contributed by atoms with Gasteiger partial charge < -0.3 is 9.47 Å². The van der Waals surface area contributed by atoms with E-state index < -0.39 is 11.7 Å². The van der Waals surface area contributed by atoms with Gasteiger partial charge in [-0.1, -0.05) is 48.5 Å². The molecule has 4 aromatic carbocycles. The molecule has 0 saturated carbocycles. The molecule has 0 bridgehead atoms. The molecular formula is C39H35N3O3. The van der Waals surface area contributed by atoms with Crippen molar-refractivity contribution in [3.05, 3.63) is 108 Å². The Bertz CT molecular complexity index is 2070. The Balaban J connectivity index is 1.46. The Morgan fingerprint density at radius 3 is 2.40 bits per heavy atom. The quantitative estimate of drug-likeness (QED) is 0.192. The molecule has 6 nitrogen and oxygen atoms in total. The molecule has 6 heteroatoms. The third-order valence-electron chi connectivity index (χ3n) is 8.35. The predicted molar refractivity (Wildman–Crippen MR) is 179 cm³/mol. The topological polar surface area (TPSA) is 74.2 Å². The molecule has 0 saturated heterocycles. The van der Waals surface area contributed by atoms with Gasteiger partial charge in [-0.2, -0.15) is 0 Å². The lowest BCUT2D eigenvalue weighted by atomic mass is 9.84. The lowest BCUT2D eigenvalue weighted by molar-refractivity contribution is -0.138. The van der Waals surface area contributed by atoms with Gasteiger partial charge in [0.1, 0.15) is 11.9 Å². The number of carbonyl (C=O) groups excluding carboxylic acids is 1. The SMILES string of the molecule is CC(=O)[C@@H](OC(C)(C)C)c1c(C)cc2cc(-c3cnc(-c4ccccc4)nc3)ccc2c1-c1ccc2c3c(ccnc13)CCO2. The van der Waals surface area contributed by atoms with Gasteiger partial charge in [0, 0.05) is 47.1 Å². The lowest BCUT2D eigenvalue weighted by Gasteiger charge is -2.30. The molecule has 1 aliphatic heterocycles. The van der Waals surface area contributed by atoms with E-state index >= 15 is 0 Å². The molecule has 0 N–H and O–H groups in total. The van der Waals surface area contributed by atoms with Crippen LogP contribution in [-0.4, -0.2) is 32.9 Å². The lowest BCUT2D eigenvalue weighted by Crippen LogP contribution is -2.27. The van der Waals surface area contributed by atoms with Gasteiger partial charge in [0.05, 0.1) is 17.7 Å². The summed E-state index contributed by atoms with van der Waals surface area (Å²) in [6.07, 6.45) is 5.70. The number of aromatic nitrogens is 3. The summed E-state index contributed by atoms with van der Waals surface area (Å²) in [4.78, 5) is 27.5. The van der Waals surface area contributed by atoms with Crippen molar-refractivity contribution < 1.29 is 14.3 Å². The second-order valence-corrected chi connectivity index (χ2v) is 12.7. The van der Waals surface area contributed by atoms with E-state index in [-0.39, 0.29) is 5.78 Å². The smallest absolute Gasteiger partial charge is 0.163 e. The van der Waals surface area contributed by atoms with Crippen LogP contribution < -0.4 is 4.74 Å². The number of fused-ring (bicyclic) bond motifs is 1. The minimum Gasteiger partial charge on any atom is -0.493 e. The van der Waals surface area contributed by atoms with Gasteiger partial charge in [-0.15, -0.1) is 0 Å². The first kappa shape index (κ1) is 28.8. The van der Waals surface area contributed by atoms with E-state index in [9.17, 15) is 4.79 Å². The number of Topliss-reactive ketones (excluding diaryl/α,β-unsaturated/α-hetero) is 1. The van der Waals surface area contributed by atoms with Crippen molar-refractivity contribution in [1.82, 2.24) is 15.0 Å². The third-order valence-corrected chi connectivity index (χ3v) is 8.35. The highest BCUT2D eigenvalue weighted by molar-refractivity contribution is 6.09. The largest absolute Gasteiger partial charge is 0.493 e. The maximum Gasteiger partial charge on any atom is 0.163 e. The molecule has 0 aliphatic carbocycles. The Morgan fingerprint density at radius 1 is 0.889 bits per heavy atom. The van der Waals surface area contributed by atoms with Crippen molar-refractivity contribution >= 4 is 27.5 Å². The highest BCUT2D eigenvalue weighted by Crippen LogP contribution is 2.45. The molecule has 0 amide bonds. The minimum atomic E-state index is -0.745. The van der Waals surface area contributed by atoms with Gasteiger partial charge in [-0.3, -0.25) is 9.78 Å². The van der Waals surface area contributed by atoms with Gasteiger partial charge in [0.2, 0.25) is 0 Å². The molecule has 7 rings (SSSR count). The first-order valence-electron chi connectivity index (χ1n) is 15.3. The van der Waals surface area contributed by atoms with Crippen molar-refractivity contribution in [3.8, 4) is 39.4 Å². The molecule has 224 valence electrons. The molecule has 1 aliphatic rings. The van der Waals surface area contributed by atoms with E-state index in [4.69, 9.17) is 14.5 Å². The average Bonchev–Trinajstić information content (AvgIpc) is 3.03. The fourth-order valence-corrected chi connectivity index (χ4v) is 6.39. The van der Waals surface area contributed by atoms with Crippen LogP contribution in [0.25, 0.3) is 55.3 Å². The van der Waals surface area contributed by atoms with Gasteiger partial charge >= 0.3 is 0 Å². The number of ketones is 1. The number of nitrogens with zero attached hydrogens (tertiary/aromatic N) is 3.